The van der Waals surface area contributed by atoms with Crippen molar-refractivity contribution < 1.29 is 24.2 Å². The van der Waals surface area contributed by atoms with Gasteiger partial charge >= 0.3 is 5.97 Å². The molecule has 0 aromatic heterocycles. The van der Waals surface area contributed by atoms with Crippen LogP contribution < -0.4 is 10.1 Å². The molecule has 0 radical (unpaired) electrons. The monoisotopic (exact) mass is 362 g/mol. The molecule has 1 aliphatic rings. The Morgan fingerprint density at radius 3 is 2.62 bits per heavy atom. The molecule has 1 unspecified atom stereocenters. The molecule has 1 aromatic rings. The first-order valence-electron chi connectivity index (χ1n) is 9.02. The number of rotatable bonds is 8. The summed E-state index contributed by atoms with van der Waals surface area (Å²) in [6, 6.07) is 6.75. The van der Waals surface area contributed by atoms with Crippen LogP contribution in [0.4, 0.5) is 0 Å². The van der Waals surface area contributed by atoms with Gasteiger partial charge < -0.3 is 20.1 Å². The molecule has 2 rings (SSSR count). The molecule has 1 heterocycles. The Morgan fingerprint density at radius 2 is 1.96 bits per heavy atom. The van der Waals surface area contributed by atoms with Crippen LogP contribution in [0.2, 0.25) is 0 Å². The molecule has 1 atom stereocenters. The smallest absolute Gasteiger partial charge is 0.341 e. The third-order valence-corrected chi connectivity index (χ3v) is 4.43. The van der Waals surface area contributed by atoms with Gasteiger partial charge in [0.25, 0.3) is 0 Å². The van der Waals surface area contributed by atoms with Gasteiger partial charge in [-0.3, -0.25) is 9.59 Å². The topological polar surface area (TPSA) is 95.9 Å². The summed E-state index contributed by atoms with van der Waals surface area (Å²) in [5, 5.41) is 11.5. The lowest BCUT2D eigenvalue weighted by molar-refractivity contribution is -0.142. The molecule has 1 aromatic carbocycles. The molecule has 0 saturated carbocycles. The molecule has 1 aliphatic heterocycles. The largest absolute Gasteiger partial charge is 0.482 e. The molecule has 2 amide bonds. The van der Waals surface area contributed by atoms with Crippen molar-refractivity contribution in [3.8, 4) is 5.75 Å². The van der Waals surface area contributed by atoms with Gasteiger partial charge in [0.15, 0.2) is 6.61 Å². The Morgan fingerprint density at radius 1 is 1.23 bits per heavy atom. The maximum Gasteiger partial charge on any atom is 0.341 e. The van der Waals surface area contributed by atoms with Crippen LogP contribution in [0.25, 0.3) is 0 Å². The lowest BCUT2D eigenvalue weighted by Gasteiger charge is -2.34. The number of hydrogen-bond acceptors (Lipinski definition) is 4. The fourth-order valence-electron chi connectivity index (χ4n) is 3.05. The van der Waals surface area contributed by atoms with E-state index >= 15 is 0 Å². The molecule has 7 heteroatoms. The summed E-state index contributed by atoms with van der Waals surface area (Å²) >= 11 is 0. The van der Waals surface area contributed by atoms with Crippen LogP contribution in [0.5, 0.6) is 5.75 Å². The van der Waals surface area contributed by atoms with E-state index < -0.39 is 5.97 Å². The molecule has 1 saturated heterocycles. The summed E-state index contributed by atoms with van der Waals surface area (Å²) in [6.07, 6.45) is 3.70. The van der Waals surface area contributed by atoms with E-state index in [2.05, 4.69) is 5.32 Å². The number of hydrogen-bond donors (Lipinski definition) is 2. The van der Waals surface area contributed by atoms with Gasteiger partial charge in [-0.05, 0) is 43.4 Å². The molecule has 2 N–H and O–H groups in total. The van der Waals surface area contributed by atoms with Crippen molar-refractivity contribution in [2.45, 2.75) is 45.1 Å². The number of nitrogens with zero attached hydrogens (tertiary/aromatic N) is 1. The van der Waals surface area contributed by atoms with Crippen LogP contribution in [0.3, 0.4) is 0 Å². The Bertz CT molecular complexity index is 629. The van der Waals surface area contributed by atoms with Crippen molar-refractivity contribution in [2.75, 3.05) is 19.7 Å². The van der Waals surface area contributed by atoms with E-state index in [0.29, 0.717) is 38.1 Å². The van der Waals surface area contributed by atoms with Gasteiger partial charge in [-0.25, -0.2) is 4.79 Å². The number of amides is 2. The van der Waals surface area contributed by atoms with Crippen molar-refractivity contribution in [3.63, 3.8) is 0 Å². The van der Waals surface area contributed by atoms with Gasteiger partial charge in [-0.1, -0.05) is 19.1 Å². The van der Waals surface area contributed by atoms with E-state index in [1.807, 2.05) is 19.1 Å². The molecule has 7 nitrogen and oxygen atoms in total. The summed E-state index contributed by atoms with van der Waals surface area (Å²) in [5.74, 6) is -0.582. The Hall–Kier alpha value is -2.57. The average Bonchev–Trinajstić information content (AvgIpc) is 2.66. The summed E-state index contributed by atoms with van der Waals surface area (Å²) in [7, 11) is 0. The fraction of sp³-hybridized carbons (Fsp3) is 0.526. The first-order chi connectivity index (χ1) is 12.5. The van der Waals surface area contributed by atoms with E-state index in [9.17, 15) is 14.4 Å². The minimum Gasteiger partial charge on any atom is -0.482 e. The maximum absolute atomic E-state index is 12.4. The molecule has 1 fully saturated rings. The standard InChI is InChI=1S/C19H26N2O5/c1-2-17(22)21-12-4-3-5-16(21)19(25)20-11-10-14-6-8-15(9-7-14)26-13-18(23)24/h6-9,16H,2-5,10-13H2,1H3,(H,20,25)(H,23,24). The predicted octanol–water partition coefficient (Wildman–Crippen LogP) is 1.60. The van der Waals surface area contributed by atoms with Crippen LogP contribution in [-0.4, -0.2) is 53.5 Å². The lowest BCUT2D eigenvalue weighted by Crippen LogP contribution is -2.52. The summed E-state index contributed by atoms with van der Waals surface area (Å²) in [5.41, 5.74) is 1.01. The molecule has 0 bridgehead atoms. The minimum atomic E-state index is -1.02. The quantitative estimate of drug-likeness (QED) is 0.732. The number of ether oxygens (including phenoxy) is 1. The zero-order valence-corrected chi connectivity index (χ0v) is 15.1. The summed E-state index contributed by atoms with van der Waals surface area (Å²) in [4.78, 5) is 36.6. The molecular formula is C19H26N2O5. The highest BCUT2D eigenvalue weighted by atomic mass is 16.5. The third kappa shape index (κ3) is 5.75. The van der Waals surface area contributed by atoms with E-state index in [0.717, 1.165) is 18.4 Å². The SMILES string of the molecule is CCC(=O)N1CCCCC1C(=O)NCCc1ccc(OCC(=O)O)cc1. The van der Waals surface area contributed by atoms with E-state index in [4.69, 9.17) is 9.84 Å². The van der Waals surface area contributed by atoms with Gasteiger partial charge in [-0.2, -0.15) is 0 Å². The second-order valence-electron chi connectivity index (χ2n) is 6.32. The van der Waals surface area contributed by atoms with E-state index in [-0.39, 0.29) is 24.5 Å². The first-order valence-corrected chi connectivity index (χ1v) is 9.02. The number of benzene rings is 1. The summed E-state index contributed by atoms with van der Waals surface area (Å²) < 4.78 is 5.08. The fourth-order valence-corrected chi connectivity index (χ4v) is 3.05. The Labute approximate surface area is 153 Å². The van der Waals surface area contributed by atoms with Crippen molar-refractivity contribution >= 4 is 17.8 Å². The molecular weight excluding hydrogens is 336 g/mol. The maximum atomic E-state index is 12.4. The number of likely N-dealkylation sites (tertiary alicyclic amines) is 1. The molecule has 0 aliphatic carbocycles. The summed E-state index contributed by atoms with van der Waals surface area (Å²) in [6.45, 7) is 2.58. The second-order valence-corrected chi connectivity index (χ2v) is 6.32. The van der Waals surface area contributed by atoms with Gasteiger partial charge in [-0.15, -0.1) is 0 Å². The molecule has 0 spiro atoms. The van der Waals surface area contributed by atoms with Crippen molar-refractivity contribution in [1.82, 2.24) is 10.2 Å². The Balaban J connectivity index is 1.80. The number of carboxylic acid groups (broad SMARTS) is 1. The van der Waals surface area contributed by atoms with Gasteiger partial charge in [0.05, 0.1) is 0 Å². The highest BCUT2D eigenvalue weighted by Gasteiger charge is 2.30. The van der Waals surface area contributed by atoms with Crippen LogP contribution >= 0.6 is 0 Å². The Kier molecular flexibility index (Phi) is 7.44. The zero-order valence-electron chi connectivity index (χ0n) is 15.1. The number of aliphatic carboxylic acids is 1. The first kappa shape index (κ1) is 19.8. The average molecular weight is 362 g/mol. The predicted molar refractivity (Wildman–Crippen MR) is 95.9 cm³/mol. The normalized spacial score (nSPS) is 16.8. The number of carbonyl (C=O) groups excluding carboxylic acids is 2. The van der Waals surface area contributed by atoms with Crippen LogP contribution in [-0.2, 0) is 20.8 Å². The van der Waals surface area contributed by atoms with Crippen LogP contribution in [0.15, 0.2) is 24.3 Å². The number of carboxylic acids is 1. The van der Waals surface area contributed by atoms with Crippen molar-refractivity contribution in [1.29, 1.82) is 0 Å². The van der Waals surface area contributed by atoms with Crippen LogP contribution in [0.1, 0.15) is 38.2 Å². The zero-order chi connectivity index (χ0) is 18.9. The highest BCUT2D eigenvalue weighted by Crippen LogP contribution is 2.18. The van der Waals surface area contributed by atoms with Gasteiger partial charge in [0, 0.05) is 19.5 Å². The van der Waals surface area contributed by atoms with E-state index in [1.165, 1.54) is 0 Å². The third-order valence-electron chi connectivity index (χ3n) is 4.43. The highest BCUT2D eigenvalue weighted by molar-refractivity contribution is 5.87. The van der Waals surface area contributed by atoms with Crippen molar-refractivity contribution in [3.05, 3.63) is 29.8 Å². The number of nitrogens with one attached hydrogen (secondary N) is 1. The van der Waals surface area contributed by atoms with E-state index in [1.54, 1.807) is 17.0 Å². The van der Waals surface area contributed by atoms with Crippen LogP contribution in [0, 0.1) is 0 Å². The lowest BCUT2D eigenvalue weighted by atomic mass is 10.0. The van der Waals surface area contributed by atoms with Gasteiger partial charge in [0.2, 0.25) is 11.8 Å². The molecule has 142 valence electrons. The second kappa shape index (κ2) is 9.79. The minimum absolute atomic E-state index is 0.0294. The van der Waals surface area contributed by atoms with Crippen molar-refractivity contribution in [2.24, 2.45) is 0 Å². The molecule has 26 heavy (non-hydrogen) atoms. The number of carbonyl (C=O) groups is 3. The van der Waals surface area contributed by atoms with Gasteiger partial charge in [0.1, 0.15) is 11.8 Å². The number of piperidine rings is 1.